The summed E-state index contributed by atoms with van der Waals surface area (Å²) in [5.41, 5.74) is 7.05. The highest BCUT2D eigenvalue weighted by molar-refractivity contribution is 5.95. The van der Waals surface area contributed by atoms with Crippen molar-refractivity contribution in [3.8, 4) is 0 Å². The van der Waals surface area contributed by atoms with E-state index in [0.717, 1.165) is 18.9 Å². The Kier molecular flexibility index (Phi) is 3.39. The van der Waals surface area contributed by atoms with E-state index in [1.807, 2.05) is 18.3 Å². The molecule has 0 radical (unpaired) electrons. The number of nitrogens with two attached hydrogens (primary N) is 1. The molecule has 104 valence electrons. The molecule has 2 aromatic rings. The minimum absolute atomic E-state index is 0.0529. The lowest BCUT2D eigenvalue weighted by atomic mass is 10.2. The highest BCUT2D eigenvalue weighted by Gasteiger charge is 2.18. The first-order valence-corrected chi connectivity index (χ1v) is 6.59. The predicted molar refractivity (Wildman–Crippen MR) is 77.0 cm³/mol. The molecule has 6 heteroatoms. The fourth-order valence-electron chi connectivity index (χ4n) is 2.36. The zero-order valence-electron chi connectivity index (χ0n) is 11.1. The van der Waals surface area contributed by atoms with Crippen molar-refractivity contribution in [2.45, 2.75) is 13.1 Å². The topological polar surface area (TPSA) is 76.2 Å². The summed E-state index contributed by atoms with van der Waals surface area (Å²) in [7, 11) is 0. The molecule has 1 aromatic heterocycles. The molecule has 1 aromatic carbocycles. The Morgan fingerprint density at radius 1 is 1.35 bits per heavy atom. The van der Waals surface area contributed by atoms with Gasteiger partial charge in [-0.2, -0.15) is 0 Å². The number of hydrogen-bond acceptors (Lipinski definition) is 4. The Balaban J connectivity index is 1.59. The minimum atomic E-state index is -0.0529. The Bertz CT molecular complexity index is 622. The molecule has 3 N–H and O–H groups in total. The van der Waals surface area contributed by atoms with E-state index in [4.69, 9.17) is 5.73 Å². The summed E-state index contributed by atoms with van der Waals surface area (Å²) < 4.78 is 2.11. The van der Waals surface area contributed by atoms with Crippen molar-refractivity contribution in [2.24, 2.45) is 0 Å². The van der Waals surface area contributed by atoms with Gasteiger partial charge in [0.2, 0.25) is 5.91 Å². The number of imidazole rings is 1. The first kappa shape index (κ1) is 12.7. The lowest BCUT2D eigenvalue weighted by Crippen LogP contribution is -2.39. The normalized spacial score (nSPS) is 14.8. The number of carbonyl (C=O) groups is 1. The number of hydrogen-bond donors (Lipinski definition) is 2. The molecule has 1 aliphatic heterocycles. The van der Waals surface area contributed by atoms with Crippen molar-refractivity contribution in [1.82, 2.24) is 14.5 Å². The number of benzene rings is 1. The van der Waals surface area contributed by atoms with Crippen molar-refractivity contribution >= 4 is 17.3 Å². The Labute approximate surface area is 117 Å². The predicted octanol–water partition coefficient (Wildman–Crippen LogP) is 0.920. The van der Waals surface area contributed by atoms with Gasteiger partial charge in [0, 0.05) is 25.5 Å². The number of aromatic nitrogens is 2. The van der Waals surface area contributed by atoms with E-state index in [1.165, 1.54) is 0 Å². The monoisotopic (exact) mass is 271 g/mol. The third-order valence-corrected chi connectivity index (χ3v) is 3.43. The number of fused-ring (bicyclic) bond motifs is 1. The molecule has 0 fully saturated rings. The Morgan fingerprint density at radius 2 is 2.20 bits per heavy atom. The highest BCUT2D eigenvalue weighted by Crippen LogP contribution is 2.17. The zero-order valence-corrected chi connectivity index (χ0v) is 11.1. The Morgan fingerprint density at radius 3 is 3.05 bits per heavy atom. The molecule has 3 rings (SSSR count). The van der Waals surface area contributed by atoms with Crippen LogP contribution in [0.2, 0.25) is 0 Å². The van der Waals surface area contributed by atoms with Gasteiger partial charge in [0.05, 0.1) is 24.5 Å². The zero-order chi connectivity index (χ0) is 13.9. The SMILES string of the molecule is Nc1ccccc1NC(=O)CN1CCn2ccnc2C1. The summed E-state index contributed by atoms with van der Waals surface area (Å²) in [5.74, 6) is 0.950. The fraction of sp³-hybridized carbons (Fsp3) is 0.286. The van der Waals surface area contributed by atoms with Crippen LogP contribution in [0, 0.1) is 0 Å². The third-order valence-electron chi connectivity index (χ3n) is 3.43. The maximum Gasteiger partial charge on any atom is 0.238 e. The van der Waals surface area contributed by atoms with Crippen molar-refractivity contribution in [2.75, 3.05) is 24.1 Å². The molecule has 0 unspecified atom stereocenters. The Hall–Kier alpha value is -2.34. The van der Waals surface area contributed by atoms with E-state index in [2.05, 4.69) is 19.8 Å². The standard InChI is InChI=1S/C14H17N5O/c15-11-3-1-2-4-12(11)17-14(20)10-18-7-8-19-6-5-16-13(19)9-18/h1-6H,7-10,15H2,(H,17,20). The van der Waals surface area contributed by atoms with Gasteiger partial charge in [0.1, 0.15) is 5.82 Å². The van der Waals surface area contributed by atoms with Crippen LogP contribution in [0.15, 0.2) is 36.7 Å². The van der Waals surface area contributed by atoms with Gasteiger partial charge in [0.15, 0.2) is 0 Å². The smallest absolute Gasteiger partial charge is 0.238 e. The van der Waals surface area contributed by atoms with Gasteiger partial charge in [0.25, 0.3) is 0 Å². The van der Waals surface area contributed by atoms with E-state index in [-0.39, 0.29) is 5.91 Å². The van der Waals surface area contributed by atoms with E-state index < -0.39 is 0 Å². The number of nitrogens with one attached hydrogen (secondary N) is 1. The van der Waals surface area contributed by atoms with Crippen LogP contribution in [-0.4, -0.2) is 33.4 Å². The highest BCUT2D eigenvalue weighted by atomic mass is 16.2. The van der Waals surface area contributed by atoms with Gasteiger partial charge < -0.3 is 15.6 Å². The van der Waals surface area contributed by atoms with Gasteiger partial charge in [-0.25, -0.2) is 4.98 Å². The minimum Gasteiger partial charge on any atom is -0.397 e. The number of carbonyl (C=O) groups excluding carboxylic acids is 1. The van der Waals surface area contributed by atoms with Crippen molar-refractivity contribution < 1.29 is 4.79 Å². The molecular formula is C14H17N5O. The fourth-order valence-corrected chi connectivity index (χ4v) is 2.36. The number of rotatable bonds is 3. The van der Waals surface area contributed by atoms with Crippen LogP contribution in [0.25, 0.3) is 0 Å². The van der Waals surface area contributed by atoms with Crippen LogP contribution in [-0.2, 0) is 17.9 Å². The first-order chi connectivity index (χ1) is 9.72. The summed E-state index contributed by atoms with van der Waals surface area (Å²) in [6.45, 7) is 2.77. The second-order valence-electron chi connectivity index (χ2n) is 4.88. The van der Waals surface area contributed by atoms with Crippen molar-refractivity contribution in [3.05, 3.63) is 42.5 Å². The van der Waals surface area contributed by atoms with Crippen LogP contribution in [0.5, 0.6) is 0 Å². The van der Waals surface area contributed by atoms with E-state index in [1.54, 1.807) is 18.3 Å². The summed E-state index contributed by atoms with van der Waals surface area (Å²) >= 11 is 0. The number of nitrogens with zero attached hydrogens (tertiary/aromatic N) is 3. The molecule has 2 heterocycles. The lowest BCUT2D eigenvalue weighted by molar-refractivity contribution is -0.117. The number of anilines is 2. The van der Waals surface area contributed by atoms with Gasteiger partial charge in [-0.1, -0.05) is 12.1 Å². The molecular weight excluding hydrogens is 254 g/mol. The molecule has 0 aliphatic carbocycles. The van der Waals surface area contributed by atoms with Gasteiger partial charge >= 0.3 is 0 Å². The molecule has 1 amide bonds. The molecule has 20 heavy (non-hydrogen) atoms. The van der Waals surface area contributed by atoms with Crippen LogP contribution in [0.4, 0.5) is 11.4 Å². The first-order valence-electron chi connectivity index (χ1n) is 6.59. The van der Waals surface area contributed by atoms with Gasteiger partial charge in [-0.3, -0.25) is 9.69 Å². The molecule has 0 atom stereocenters. The number of para-hydroxylation sites is 2. The average Bonchev–Trinajstić information content (AvgIpc) is 2.89. The maximum atomic E-state index is 12.0. The largest absolute Gasteiger partial charge is 0.397 e. The molecule has 0 saturated carbocycles. The van der Waals surface area contributed by atoms with Crippen molar-refractivity contribution in [3.63, 3.8) is 0 Å². The molecule has 0 bridgehead atoms. The van der Waals surface area contributed by atoms with Crippen LogP contribution in [0.3, 0.4) is 0 Å². The molecule has 0 spiro atoms. The molecule has 0 saturated heterocycles. The number of amides is 1. The average molecular weight is 271 g/mol. The molecule has 1 aliphatic rings. The van der Waals surface area contributed by atoms with Crippen LogP contribution in [0.1, 0.15) is 5.82 Å². The molecule has 6 nitrogen and oxygen atoms in total. The summed E-state index contributed by atoms with van der Waals surface area (Å²) in [4.78, 5) is 18.4. The van der Waals surface area contributed by atoms with E-state index in [9.17, 15) is 4.79 Å². The van der Waals surface area contributed by atoms with Crippen LogP contribution >= 0.6 is 0 Å². The second kappa shape index (κ2) is 5.34. The van der Waals surface area contributed by atoms with Gasteiger partial charge in [-0.05, 0) is 12.1 Å². The van der Waals surface area contributed by atoms with E-state index in [0.29, 0.717) is 24.5 Å². The van der Waals surface area contributed by atoms with E-state index >= 15 is 0 Å². The second-order valence-corrected chi connectivity index (χ2v) is 4.88. The summed E-state index contributed by atoms with van der Waals surface area (Å²) in [6, 6.07) is 7.27. The third kappa shape index (κ3) is 2.65. The maximum absolute atomic E-state index is 12.0. The van der Waals surface area contributed by atoms with Crippen molar-refractivity contribution in [1.29, 1.82) is 0 Å². The lowest BCUT2D eigenvalue weighted by Gasteiger charge is -2.26. The number of nitrogen functional groups attached to an aromatic ring is 1. The summed E-state index contributed by atoms with van der Waals surface area (Å²) in [6.07, 6.45) is 3.76. The van der Waals surface area contributed by atoms with Crippen LogP contribution < -0.4 is 11.1 Å². The summed E-state index contributed by atoms with van der Waals surface area (Å²) in [5, 5.41) is 2.84. The quantitative estimate of drug-likeness (QED) is 0.814. The van der Waals surface area contributed by atoms with Gasteiger partial charge in [-0.15, -0.1) is 0 Å².